The standard InChI is InChI=1S/C11H16Br2N2/c1-4-5-11(2,3)15-10-9(13)6-8(12)7-14-10/h6-7H,4-5H2,1-3H3,(H,14,15). The highest BCUT2D eigenvalue weighted by atomic mass is 79.9. The minimum atomic E-state index is 0.0814. The molecule has 1 rings (SSSR count). The molecule has 0 aliphatic rings. The summed E-state index contributed by atoms with van der Waals surface area (Å²) in [5.41, 5.74) is 0.0814. The van der Waals surface area contributed by atoms with Gasteiger partial charge < -0.3 is 5.32 Å². The minimum absolute atomic E-state index is 0.0814. The molecule has 1 aromatic heterocycles. The molecule has 0 aromatic carbocycles. The Labute approximate surface area is 108 Å². The molecule has 0 radical (unpaired) electrons. The molecule has 15 heavy (non-hydrogen) atoms. The Hall–Kier alpha value is -0.0900. The predicted molar refractivity (Wildman–Crippen MR) is 72.2 cm³/mol. The fourth-order valence-electron chi connectivity index (χ4n) is 1.51. The monoisotopic (exact) mass is 334 g/mol. The van der Waals surface area contributed by atoms with Crippen molar-refractivity contribution in [1.29, 1.82) is 0 Å². The van der Waals surface area contributed by atoms with Crippen molar-refractivity contribution in [3.63, 3.8) is 0 Å². The summed E-state index contributed by atoms with van der Waals surface area (Å²) in [7, 11) is 0. The summed E-state index contributed by atoms with van der Waals surface area (Å²) in [6.07, 6.45) is 4.08. The second-order valence-corrected chi connectivity index (χ2v) is 6.01. The Morgan fingerprint density at radius 2 is 2.07 bits per heavy atom. The number of hydrogen-bond acceptors (Lipinski definition) is 2. The molecule has 0 aliphatic carbocycles. The molecule has 84 valence electrons. The maximum atomic E-state index is 4.34. The summed E-state index contributed by atoms with van der Waals surface area (Å²) in [6.45, 7) is 6.56. The molecule has 0 fully saturated rings. The van der Waals surface area contributed by atoms with E-state index in [1.165, 1.54) is 0 Å². The lowest BCUT2D eigenvalue weighted by Crippen LogP contribution is -2.31. The van der Waals surface area contributed by atoms with Crippen molar-refractivity contribution in [3.8, 4) is 0 Å². The molecule has 0 aliphatic heterocycles. The summed E-state index contributed by atoms with van der Waals surface area (Å²) in [6, 6.07) is 2.00. The van der Waals surface area contributed by atoms with Crippen LogP contribution in [0.1, 0.15) is 33.6 Å². The molecule has 1 N–H and O–H groups in total. The zero-order chi connectivity index (χ0) is 11.5. The molecule has 0 atom stereocenters. The van der Waals surface area contributed by atoms with Crippen molar-refractivity contribution in [3.05, 3.63) is 21.2 Å². The fourth-order valence-corrected chi connectivity index (χ4v) is 2.60. The molecular weight excluding hydrogens is 320 g/mol. The molecule has 0 amide bonds. The molecule has 0 bridgehead atoms. The van der Waals surface area contributed by atoms with E-state index in [0.717, 1.165) is 27.6 Å². The second kappa shape index (κ2) is 5.30. The average Bonchev–Trinajstić information content (AvgIpc) is 2.09. The van der Waals surface area contributed by atoms with Crippen LogP contribution in [-0.2, 0) is 0 Å². The highest BCUT2D eigenvalue weighted by molar-refractivity contribution is 9.11. The summed E-state index contributed by atoms with van der Waals surface area (Å²) in [4.78, 5) is 4.34. The van der Waals surface area contributed by atoms with Crippen LogP contribution < -0.4 is 5.32 Å². The van der Waals surface area contributed by atoms with E-state index in [-0.39, 0.29) is 5.54 Å². The Morgan fingerprint density at radius 3 is 2.60 bits per heavy atom. The lowest BCUT2D eigenvalue weighted by molar-refractivity contribution is 0.508. The maximum absolute atomic E-state index is 4.34. The molecule has 1 aromatic rings. The smallest absolute Gasteiger partial charge is 0.140 e. The Bertz CT molecular complexity index is 337. The van der Waals surface area contributed by atoms with E-state index < -0.39 is 0 Å². The van der Waals surface area contributed by atoms with Crippen LogP contribution in [-0.4, -0.2) is 10.5 Å². The zero-order valence-electron chi connectivity index (χ0n) is 9.27. The highest BCUT2D eigenvalue weighted by Crippen LogP contribution is 2.27. The van der Waals surface area contributed by atoms with Gasteiger partial charge in [0.15, 0.2) is 0 Å². The van der Waals surface area contributed by atoms with Crippen LogP contribution in [0.15, 0.2) is 21.2 Å². The largest absolute Gasteiger partial charge is 0.364 e. The van der Waals surface area contributed by atoms with E-state index in [1.807, 2.05) is 6.07 Å². The van der Waals surface area contributed by atoms with Gasteiger partial charge in [-0.1, -0.05) is 13.3 Å². The fraction of sp³-hybridized carbons (Fsp3) is 0.545. The number of anilines is 1. The Kier molecular flexibility index (Phi) is 4.59. The van der Waals surface area contributed by atoms with Crippen LogP contribution in [0.5, 0.6) is 0 Å². The van der Waals surface area contributed by atoms with E-state index in [1.54, 1.807) is 6.20 Å². The van der Waals surface area contributed by atoms with Gasteiger partial charge in [-0.3, -0.25) is 0 Å². The van der Waals surface area contributed by atoms with Gasteiger partial charge in [-0.05, 0) is 58.2 Å². The number of nitrogens with zero attached hydrogens (tertiary/aromatic N) is 1. The van der Waals surface area contributed by atoms with Crippen LogP contribution in [0.4, 0.5) is 5.82 Å². The molecule has 1 heterocycles. The first-order valence-electron chi connectivity index (χ1n) is 5.04. The van der Waals surface area contributed by atoms with Crippen LogP contribution in [0.3, 0.4) is 0 Å². The van der Waals surface area contributed by atoms with Crippen molar-refractivity contribution < 1.29 is 0 Å². The quantitative estimate of drug-likeness (QED) is 0.869. The van der Waals surface area contributed by atoms with Crippen LogP contribution >= 0.6 is 31.9 Å². The zero-order valence-corrected chi connectivity index (χ0v) is 12.4. The second-order valence-electron chi connectivity index (χ2n) is 4.24. The van der Waals surface area contributed by atoms with Crippen molar-refractivity contribution in [2.45, 2.75) is 39.2 Å². The van der Waals surface area contributed by atoms with Crippen molar-refractivity contribution >= 4 is 37.7 Å². The first-order valence-corrected chi connectivity index (χ1v) is 6.62. The first kappa shape index (κ1) is 13.0. The third-order valence-electron chi connectivity index (χ3n) is 2.14. The number of hydrogen-bond donors (Lipinski definition) is 1. The minimum Gasteiger partial charge on any atom is -0.364 e. The number of halogens is 2. The summed E-state index contributed by atoms with van der Waals surface area (Å²) in [5.74, 6) is 0.900. The van der Waals surface area contributed by atoms with Gasteiger partial charge >= 0.3 is 0 Å². The van der Waals surface area contributed by atoms with Crippen molar-refractivity contribution in [2.24, 2.45) is 0 Å². The number of rotatable bonds is 4. The van der Waals surface area contributed by atoms with E-state index in [4.69, 9.17) is 0 Å². The van der Waals surface area contributed by atoms with Crippen LogP contribution in [0, 0.1) is 0 Å². The van der Waals surface area contributed by atoms with Gasteiger partial charge in [0, 0.05) is 16.2 Å². The van der Waals surface area contributed by atoms with Gasteiger partial charge in [-0.15, -0.1) is 0 Å². The number of aromatic nitrogens is 1. The summed E-state index contributed by atoms with van der Waals surface area (Å²) >= 11 is 6.88. The van der Waals surface area contributed by atoms with Crippen LogP contribution in [0.2, 0.25) is 0 Å². The topological polar surface area (TPSA) is 24.9 Å². The molecular formula is C11H16Br2N2. The third-order valence-corrected chi connectivity index (χ3v) is 3.18. The average molecular weight is 336 g/mol. The molecule has 0 saturated carbocycles. The molecule has 2 nitrogen and oxygen atoms in total. The van der Waals surface area contributed by atoms with Crippen LogP contribution in [0.25, 0.3) is 0 Å². The van der Waals surface area contributed by atoms with Crippen molar-refractivity contribution in [2.75, 3.05) is 5.32 Å². The van der Waals surface area contributed by atoms with E-state index in [0.29, 0.717) is 0 Å². The van der Waals surface area contributed by atoms with Gasteiger partial charge in [0.05, 0.1) is 4.47 Å². The molecule has 0 spiro atoms. The lowest BCUT2D eigenvalue weighted by Gasteiger charge is -2.27. The SMILES string of the molecule is CCCC(C)(C)Nc1ncc(Br)cc1Br. The predicted octanol–water partition coefficient (Wildman–Crippen LogP) is 4.60. The van der Waals surface area contributed by atoms with Gasteiger partial charge in [-0.2, -0.15) is 0 Å². The number of pyridine rings is 1. The van der Waals surface area contributed by atoms with Gasteiger partial charge in [0.2, 0.25) is 0 Å². The normalized spacial score (nSPS) is 11.5. The molecule has 4 heteroatoms. The first-order chi connectivity index (χ1) is 6.94. The molecule has 0 saturated heterocycles. The Balaban J connectivity index is 2.80. The summed E-state index contributed by atoms with van der Waals surface area (Å²) in [5, 5.41) is 3.44. The van der Waals surface area contributed by atoms with Gasteiger partial charge in [-0.25, -0.2) is 4.98 Å². The van der Waals surface area contributed by atoms with Gasteiger partial charge in [0.25, 0.3) is 0 Å². The lowest BCUT2D eigenvalue weighted by atomic mass is 9.99. The van der Waals surface area contributed by atoms with E-state index >= 15 is 0 Å². The van der Waals surface area contributed by atoms with Gasteiger partial charge in [0.1, 0.15) is 5.82 Å². The Morgan fingerprint density at radius 1 is 1.40 bits per heavy atom. The maximum Gasteiger partial charge on any atom is 0.140 e. The van der Waals surface area contributed by atoms with E-state index in [9.17, 15) is 0 Å². The van der Waals surface area contributed by atoms with Crippen molar-refractivity contribution in [1.82, 2.24) is 4.98 Å². The number of nitrogens with one attached hydrogen (secondary N) is 1. The highest BCUT2D eigenvalue weighted by Gasteiger charge is 2.17. The molecule has 0 unspecified atom stereocenters. The summed E-state index contributed by atoms with van der Waals surface area (Å²) < 4.78 is 1.97. The van der Waals surface area contributed by atoms with E-state index in [2.05, 4.69) is 62.9 Å². The third kappa shape index (κ3) is 4.11.